The van der Waals surface area contributed by atoms with Gasteiger partial charge in [-0.2, -0.15) is 5.10 Å². The van der Waals surface area contributed by atoms with Gasteiger partial charge in [-0.3, -0.25) is 9.59 Å². The third-order valence-electron chi connectivity index (χ3n) is 1.06. The Morgan fingerprint density at radius 2 is 2.60 bits per heavy atom. The second kappa shape index (κ2) is 2.47. The van der Waals surface area contributed by atoms with Crippen LogP contribution in [0, 0.1) is 0 Å². The van der Waals surface area contributed by atoms with Crippen molar-refractivity contribution in [2.75, 3.05) is 6.54 Å². The van der Waals surface area contributed by atoms with Crippen molar-refractivity contribution in [3.8, 4) is 0 Å². The molecule has 1 heterocycles. The Kier molecular flexibility index (Phi) is 1.66. The summed E-state index contributed by atoms with van der Waals surface area (Å²) in [6, 6.07) is 0. The Bertz CT molecular complexity index is 199. The van der Waals surface area contributed by atoms with Gasteiger partial charge in [0.25, 0.3) is 0 Å². The fourth-order valence-corrected chi connectivity index (χ4v) is 0.644. The summed E-state index contributed by atoms with van der Waals surface area (Å²) in [5.41, 5.74) is 0. The summed E-state index contributed by atoms with van der Waals surface area (Å²) >= 11 is 0. The van der Waals surface area contributed by atoms with Crippen molar-refractivity contribution in [3.05, 3.63) is 0 Å². The Labute approximate surface area is 56.9 Å². The van der Waals surface area contributed by atoms with Gasteiger partial charge in [0.2, 0.25) is 5.91 Å². The average molecular weight is 142 g/mol. The highest BCUT2D eigenvalue weighted by Crippen LogP contribution is 2.00. The molecule has 10 heavy (non-hydrogen) atoms. The molecule has 0 fully saturated rings. The number of aliphatic carboxylic acids is 1. The van der Waals surface area contributed by atoms with Crippen LogP contribution in [0.5, 0.6) is 0 Å². The van der Waals surface area contributed by atoms with Crippen LogP contribution in [0.2, 0.25) is 0 Å². The topological polar surface area (TPSA) is 70.0 Å². The predicted molar refractivity (Wildman–Crippen MR) is 32.5 cm³/mol. The molecule has 0 saturated carbocycles. The zero-order valence-corrected chi connectivity index (χ0v) is 5.15. The van der Waals surface area contributed by atoms with E-state index in [1.807, 2.05) is 0 Å². The molecule has 0 aromatic rings. The number of hydrogen-bond donors (Lipinski definition) is 1. The highest BCUT2D eigenvalue weighted by molar-refractivity contribution is 5.95. The Hall–Kier alpha value is -1.39. The zero-order valence-electron chi connectivity index (χ0n) is 5.15. The standard InChI is InChI=1S/C5H6N2O3/c8-4-1-2-6-7(4)3-5(9)10/h2H,1,3H2,(H,9,10). The van der Waals surface area contributed by atoms with Gasteiger partial charge in [0.1, 0.15) is 6.54 Å². The van der Waals surface area contributed by atoms with Crippen LogP contribution in [0.25, 0.3) is 0 Å². The Morgan fingerprint density at radius 1 is 1.90 bits per heavy atom. The number of amides is 1. The van der Waals surface area contributed by atoms with E-state index in [2.05, 4.69) is 5.10 Å². The number of carbonyl (C=O) groups excluding carboxylic acids is 1. The average Bonchev–Trinajstić information content (AvgIpc) is 2.15. The van der Waals surface area contributed by atoms with E-state index >= 15 is 0 Å². The summed E-state index contributed by atoms with van der Waals surface area (Å²) in [5.74, 6) is -1.31. The quantitative estimate of drug-likeness (QED) is 0.553. The lowest BCUT2D eigenvalue weighted by atomic mass is 10.4. The zero-order chi connectivity index (χ0) is 7.56. The summed E-state index contributed by atoms with van der Waals surface area (Å²) in [6.07, 6.45) is 1.61. The van der Waals surface area contributed by atoms with Crippen LogP contribution in [0.15, 0.2) is 5.10 Å². The second-order valence-corrected chi connectivity index (χ2v) is 1.85. The predicted octanol–water partition coefficient (Wildman–Crippen LogP) is -0.711. The van der Waals surface area contributed by atoms with Crippen molar-refractivity contribution in [2.45, 2.75) is 6.42 Å². The van der Waals surface area contributed by atoms with E-state index in [4.69, 9.17) is 5.11 Å². The Morgan fingerprint density at radius 3 is 3.00 bits per heavy atom. The van der Waals surface area contributed by atoms with Gasteiger partial charge in [0.05, 0.1) is 6.42 Å². The summed E-state index contributed by atoms with van der Waals surface area (Å²) in [6.45, 7) is -0.338. The molecule has 5 nitrogen and oxygen atoms in total. The first-order valence-corrected chi connectivity index (χ1v) is 2.75. The van der Waals surface area contributed by atoms with Crippen LogP contribution < -0.4 is 0 Å². The molecule has 0 radical (unpaired) electrons. The molecular weight excluding hydrogens is 136 g/mol. The molecule has 5 heteroatoms. The largest absolute Gasteiger partial charge is 0.480 e. The highest BCUT2D eigenvalue weighted by Gasteiger charge is 2.18. The summed E-state index contributed by atoms with van der Waals surface area (Å²) in [5, 5.41) is 12.7. The van der Waals surface area contributed by atoms with Gasteiger partial charge >= 0.3 is 5.97 Å². The molecule has 0 atom stereocenters. The molecule has 1 aliphatic heterocycles. The number of carbonyl (C=O) groups is 2. The van der Waals surface area contributed by atoms with Crippen LogP contribution in [0.4, 0.5) is 0 Å². The Balaban J connectivity index is 2.48. The van der Waals surface area contributed by atoms with Gasteiger partial charge in [-0.1, -0.05) is 0 Å². The first-order valence-electron chi connectivity index (χ1n) is 2.75. The minimum absolute atomic E-state index is 0.216. The monoisotopic (exact) mass is 142 g/mol. The van der Waals surface area contributed by atoms with Gasteiger partial charge in [0.15, 0.2) is 0 Å². The lowest BCUT2D eigenvalue weighted by molar-refractivity contribution is -0.143. The SMILES string of the molecule is O=C(O)CN1N=CCC1=O. The van der Waals surface area contributed by atoms with Crippen molar-refractivity contribution in [1.29, 1.82) is 0 Å². The number of rotatable bonds is 2. The highest BCUT2D eigenvalue weighted by atomic mass is 16.4. The van der Waals surface area contributed by atoms with E-state index in [-0.39, 0.29) is 18.9 Å². The van der Waals surface area contributed by atoms with E-state index in [0.717, 1.165) is 5.01 Å². The molecule has 0 aliphatic carbocycles. The lowest BCUT2D eigenvalue weighted by Crippen LogP contribution is -2.27. The molecule has 54 valence electrons. The van der Waals surface area contributed by atoms with Crippen molar-refractivity contribution in [2.24, 2.45) is 5.10 Å². The second-order valence-electron chi connectivity index (χ2n) is 1.85. The maximum absolute atomic E-state index is 10.6. The number of carboxylic acids is 1. The van der Waals surface area contributed by atoms with Gasteiger partial charge in [-0.05, 0) is 0 Å². The van der Waals surface area contributed by atoms with Crippen LogP contribution in [0.3, 0.4) is 0 Å². The van der Waals surface area contributed by atoms with E-state index < -0.39 is 5.97 Å². The maximum Gasteiger partial charge on any atom is 0.325 e. The van der Waals surface area contributed by atoms with Crippen molar-refractivity contribution in [1.82, 2.24) is 5.01 Å². The van der Waals surface area contributed by atoms with Crippen molar-refractivity contribution >= 4 is 18.1 Å². The summed E-state index contributed by atoms with van der Waals surface area (Å²) < 4.78 is 0. The number of hydrazone groups is 1. The molecular formula is C5H6N2O3. The number of nitrogens with zero attached hydrogens (tertiary/aromatic N) is 2. The van der Waals surface area contributed by atoms with E-state index in [1.165, 1.54) is 6.21 Å². The van der Waals surface area contributed by atoms with Crippen LogP contribution in [0.1, 0.15) is 6.42 Å². The molecule has 1 amide bonds. The fraction of sp³-hybridized carbons (Fsp3) is 0.400. The normalized spacial score (nSPS) is 16.4. The number of hydrogen-bond acceptors (Lipinski definition) is 3. The minimum Gasteiger partial charge on any atom is -0.480 e. The lowest BCUT2D eigenvalue weighted by Gasteiger charge is -2.06. The third kappa shape index (κ3) is 1.31. The van der Waals surface area contributed by atoms with Crippen LogP contribution in [-0.2, 0) is 9.59 Å². The first-order chi connectivity index (χ1) is 4.70. The third-order valence-corrected chi connectivity index (χ3v) is 1.06. The minimum atomic E-state index is -1.05. The van der Waals surface area contributed by atoms with E-state index in [9.17, 15) is 9.59 Å². The van der Waals surface area contributed by atoms with Crippen molar-refractivity contribution < 1.29 is 14.7 Å². The van der Waals surface area contributed by atoms with E-state index in [0.29, 0.717) is 0 Å². The fourth-order valence-electron chi connectivity index (χ4n) is 0.644. The molecule has 0 bridgehead atoms. The molecule has 1 N–H and O–H groups in total. The molecule has 1 rings (SSSR count). The van der Waals surface area contributed by atoms with Crippen molar-refractivity contribution in [3.63, 3.8) is 0 Å². The molecule has 0 spiro atoms. The smallest absolute Gasteiger partial charge is 0.325 e. The summed E-state index contributed by atoms with van der Waals surface area (Å²) in [4.78, 5) is 20.7. The van der Waals surface area contributed by atoms with Crippen LogP contribution >= 0.6 is 0 Å². The molecule has 1 aliphatic rings. The van der Waals surface area contributed by atoms with Gasteiger partial charge in [-0.25, -0.2) is 5.01 Å². The molecule has 0 saturated heterocycles. The maximum atomic E-state index is 10.6. The van der Waals surface area contributed by atoms with Gasteiger partial charge in [0, 0.05) is 6.21 Å². The number of carboxylic acid groups (broad SMARTS) is 1. The molecule has 0 aromatic carbocycles. The molecule has 0 aromatic heterocycles. The van der Waals surface area contributed by atoms with Gasteiger partial charge < -0.3 is 5.11 Å². The summed E-state index contributed by atoms with van der Waals surface area (Å²) in [7, 11) is 0. The van der Waals surface area contributed by atoms with Crippen LogP contribution in [-0.4, -0.2) is 34.8 Å². The van der Waals surface area contributed by atoms with E-state index in [1.54, 1.807) is 0 Å². The molecule has 0 unspecified atom stereocenters. The first kappa shape index (κ1) is 6.73. The van der Waals surface area contributed by atoms with Gasteiger partial charge in [-0.15, -0.1) is 0 Å².